The highest BCUT2D eigenvalue weighted by atomic mass is 32.2. The van der Waals surface area contributed by atoms with Crippen LogP contribution in [0.15, 0.2) is 18.2 Å². The molecule has 0 saturated carbocycles. The molecule has 6 heteroatoms. The Morgan fingerprint density at radius 2 is 2.10 bits per heavy atom. The zero-order valence-electron chi connectivity index (χ0n) is 12.5. The van der Waals surface area contributed by atoms with Crippen molar-refractivity contribution in [1.82, 2.24) is 4.90 Å². The summed E-state index contributed by atoms with van der Waals surface area (Å²) in [6, 6.07) is 4.73. The van der Waals surface area contributed by atoms with Gasteiger partial charge in [0.2, 0.25) is 0 Å². The molecule has 0 radical (unpaired) electrons. The van der Waals surface area contributed by atoms with Crippen LogP contribution >= 0.6 is 11.8 Å². The maximum Gasteiger partial charge on any atom is 0.337 e. The number of hydrogen-bond donors (Lipinski definition) is 2. The smallest absolute Gasteiger partial charge is 0.337 e. The second kappa shape index (κ2) is 5.97. The van der Waals surface area contributed by atoms with Crippen molar-refractivity contribution in [2.75, 3.05) is 24.2 Å². The number of urea groups is 1. The summed E-state index contributed by atoms with van der Waals surface area (Å²) in [5, 5.41) is 12.0. The van der Waals surface area contributed by atoms with Gasteiger partial charge >= 0.3 is 12.0 Å². The summed E-state index contributed by atoms with van der Waals surface area (Å²) in [4.78, 5) is 25.4. The minimum Gasteiger partial charge on any atom is -0.478 e. The van der Waals surface area contributed by atoms with Gasteiger partial charge in [-0.15, -0.1) is 0 Å². The first kappa shape index (κ1) is 15.7. The number of nitrogens with one attached hydrogen (secondary N) is 1. The van der Waals surface area contributed by atoms with Gasteiger partial charge in [0.1, 0.15) is 0 Å². The molecule has 0 bridgehead atoms. The summed E-state index contributed by atoms with van der Waals surface area (Å²) < 4.78 is 0.0248. The van der Waals surface area contributed by atoms with Gasteiger partial charge in [-0.1, -0.05) is 12.1 Å². The standard InChI is InChI=1S/C15H20N2O3S/c1-10-5-4-6-11(13(18)19)12(10)16-14(20)17-7-8-21-15(2,3)9-17/h4-6H,7-9H2,1-3H3,(H,16,20)(H,18,19). The molecule has 2 N–H and O–H groups in total. The highest BCUT2D eigenvalue weighted by Crippen LogP contribution is 2.30. The maximum absolute atomic E-state index is 12.4. The fraction of sp³-hybridized carbons (Fsp3) is 0.467. The van der Waals surface area contributed by atoms with E-state index in [1.54, 1.807) is 24.0 Å². The number of hydrogen-bond acceptors (Lipinski definition) is 3. The average Bonchev–Trinajstić information content (AvgIpc) is 2.39. The molecule has 1 aliphatic heterocycles. The molecule has 1 heterocycles. The summed E-state index contributed by atoms with van der Waals surface area (Å²) in [6.45, 7) is 7.32. The Morgan fingerprint density at radius 3 is 2.71 bits per heavy atom. The Labute approximate surface area is 128 Å². The van der Waals surface area contributed by atoms with Crippen LogP contribution in [0.2, 0.25) is 0 Å². The van der Waals surface area contributed by atoms with E-state index in [9.17, 15) is 14.7 Å². The molecule has 2 amide bonds. The molecular weight excluding hydrogens is 288 g/mol. The van der Waals surface area contributed by atoms with Crippen LogP contribution in [0.3, 0.4) is 0 Å². The third-order valence-electron chi connectivity index (χ3n) is 3.45. The van der Waals surface area contributed by atoms with E-state index in [0.717, 1.165) is 11.3 Å². The van der Waals surface area contributed by atoms with Crippen LogP contribution < -0.4 is 5.32 Å². The van der Waals surface area contributed by atoms with Crippen LogP contribution in [0.25, 0.3) is 0 Å². The van der Waals surface area contributed by atoms with Gasteiger partial charge < -0.3 is 15.3 Å². The number of para-hydroxylation sites is 1. The van der Waals surface area contributed by atoms with Gasteiger partial charge in [-0.05, 0) is 32.4 Å². The van der Waals surface area contributed by atoms with E-state index in [2.05, 4.69) is 19.2 Å². The number of anilines is 1. The van der Waals surface area contributed by atoms with E-state index in [1.165, 1.54) is 6.07 Å². The molecule has 1 saturated heterocycles. The minimum atomic E-state index is -1.04. The van der Waals surface area contributed by atoms with Crippen LogP contribution in [0.5, 0.6) is 0 Å². The molecule has 0 spiro atoms. The minimum absolute atomic E-state index is 0.0248. The molecule has 5 nitrogen and oxygen atoms in total. The lowest BCUT2D eigenvalue weighted by atomic mass is 10.1. The SMILES string of the molecule is Cc1cccc(C(=O)O)c1NC(=O)N1CCSC(C)(C)C1. The molecule has 114 valence electrons. The van der Waals surface area contributed by atoms with E-state index in [-0.39, 0.29) is 16.3 Å². The largest absolute Gasteiger partial charge is 0.478 e. The molecule has 1 fully saturated rings. The quantitative estimate of drug-likeness (QED) is 0.881. The second-order valence-corrected chi connectivity index (χ2v) is 7.56. The monoisotopic (exact) mass is 308 g/mol. The number of carbonyl (C=O) groups is 2. The van der Waals surface area contributed by atoms with Gasteiger partial charge in [0, 0.05) is 23.6 Å². The topological polar surface area (TPSA) is 69.6 Å². The van der Waals surface area contributed by atoms with Crippen molar-refractivity contribution in [3.63, 3.8) is 0 Å². The van der Waals surface area contributed by atoms with E-state index < -0.39 is 5.97 Å². The normalized spacial score (nSPS) is 17.4. The Kier molecular flexibility index (Phi) is 4.46. The predicted molar refractivity (Wildman–Crippen MR) is 85.3 cm³/mol. The Hall–Kier alpha value is -1.69. The summed E-state index contributed by atoms with van der Waals surface area (Å²) in [5.41, 5.74) is 1.24. The second-order valence-electron chi connectivity index (χ2n) is 5.76. The first-order valence-corrected chi connectivity index (χ1v) is 7.81. The number of carbonyl (C=O) groups excluding carboxylic acids is 1. The highest BCUT2D eigenvalue weighted by molar-refractivity contribution is 8.00. The lowest BCUT2D eigenvalue weighted by Gasteiger charge is -2.37. The number of thioether (sulfide) groups is 1. The zero-order chi connectivity index (χ0) is 15.6. The molecule has 1 aromatic carbocycles. The Bertz CT molecular complexity index is 572. The van der Waals surface area contributed by atoms with Gasteiger partial charge in [0.15, 0.2) is 0 Å². The average molecular weight is 308 g/mol. The predicted octanol–water partition coefficient (Wildman–Crippen LogP) is 3.05. The van der Waals surface area contributed by atoms with Crippen molar-refractivity contribution < 1.29 is 14.7 Å². The van der Waals surface area contributed by atoms with E-state index in [1.807, 2.05) is 11.8 Å². The van der Waals surface area contributed by atoms with Crippen LogP contribution in [0.4, 0.5) is 10.5 Å². The van der Waals surface area contributed by atoms with Gasteiger partial charge in [-0.25, -0.2) is 9.59 Å². The fourth-order valence-electron chi connectivity index (χ4n) is 2.39. The zero-order valence-corrected chi connectivity index (χ0v) is 13.3. The van der Waals surface area contributed by atoms with Gasteiger partial charge in [-0.2, -0.15) is 11.8 Å². The molecule has 2 rings (SSSR count). The summed E-state index contributed by atoms with van der Waals surface area (Å²) in [6.07, 6.45) is 0. The summed E-state index contributed by atoms with van der Waals surface area (Å²) in [7, 11) is 0. The number of aryl methyl sites for hydroxylation is 1. The van der Waals surface area contributed by atoms with E-state index >= 15 is 0 Å². The van der Waals surface area contributed by atoms with Crippen LogP contribution in [0.1, 0.15) is 29.8 Å². The van der Waals surface area contributed by atoms with Crippen molar-refractivity contribution in [2.45, 2.75) is 25.5 Å². The fourth-order valence-corrected chi connectivity index (χ4v) is 3.50. The lowest BCUT2D eigenvalue weighted by Crippen LogP contribution is -2.48. The van der Waals surface area contributed by atoms with Crippen molar-refractivity contribution in [1.29, 1.82) is 0 Å². The molecule has 1 aliphatic rings. The van der Waals surface area contributed by atoms with Crippen molar-refractivity contribution in [3.8, 4) is 0 Å². The number of amides is 2. The number of rotatable bonds is 2. The number of benzene rings is 1. The van der Waals surface area contributed by atoms with Gasteiger partial charge in [-0.3, -0.25) is 0 Å². The molecular formula is C15H20N2O3S. The maximum atomic E-state index is 12.4. The van der Waals surface area contributed by atoms with Crippen LogP contribution in [-0.4, -0.2) is 45.6 Å². The van der Waals surface area contributed by atoms with Crippen molar-refractivity contribution in [3.05, 3.63) is 29.3 Å². The molecule has 21 heavy (non-hydrogen) atoms. The Morgan fingerprint density at radius 1 is 1.38 bits per heavy atom. The molecule has 1 aromatic rings. The first-order chi connectivity index (χ1) is 9.80. The van der Waals surface area contributed by atoms with E-state index in [4.69, 9.17) is 0 Å². The number of carboxylic acids is 1. The van der Waals surface area contributed by atoms with E-state index in [0.29, 0.717) is 18.8 Å². The lowest BCUT2D eigenvalue weighted by molar-refractivity contribution is 0.0698. The molecule has 0 aromatic heterocycles. The summed E-state index contributed by atoms with van der Waals surface area (Å²) >= 11 is 1.84. The molecule has 0 atom stereocenters. The van der Waals surface area contributed by atoms with Crippen LogP contribution in [-0.2, 0) is 0 Å². The highest BCUT2D eigenvalue weighted by Gasteiger charge is 2.30. The number of carboxylic acid groups (broad SMARTS) is 1. The summed E-state index contributed by atoms with van der Waals surface area (Å²) in [5.74, 6) is -0.150. The van der Waals surface area contributed by atoms with Gasteiger partial charge in [0.05, 0.1) is 11.3 Å². The van der Waals surface area contributed by atoms with Crippen molar-refractivity contribution >= 4 is 29.4 Å². The number of nitrogens with zero attached hydrogens (tertiary/aromatic N) is 1. The third-order valence-corrected chi connectivity index (χ3v) is 4.75. The molecule has 0 aliphatic carbocycles. The van der Waals surface area contributed by atoms with Gasteiger partial charge in [0.25, 0.3) is 0 Å². The van der Waals surface area contributed by atoms with Crippen LogP contribution in [0, 0.1) is 6.92 Å². The Balaban J connectivity index is 2.18. The number of aromatic carboxylic acids is 1. The first-order valence-electron chi connectivity index (χ1n) is 6.83. The van der Waals surface area contributed by atoms with Crippen molar-refractivity contribution in [2.24, 2.45) is 0 Å². The molecule has 0 unspecified atom stereocenters. The third kappa shape index (κ3) is 3.69.